The number of aryl methyl sites for hydroxylation is 1. The summed E-state index contributed by atoms with van der Waals surface area (Å²) in [5, 5.41) is 4.60. The molecule has 0 atom stereocenters. The van der Waals surface area contributed by atoms with Gasteiger partial charge in [0.2, 0.25) is 0 Å². The lowest BCUT2D eigenvalue weighted by Crippen LogP contribution is -2.00. The molecule has 0 spiro atoms. The highest BCUT2D eigenvalue weighted by atomic mass is 79.9. The van der Waals surface area contributed by atoms with Gasteiger partial charge in [-0.05, 0) is 40.5 Å². The van der Waals surface area contributed by atoms with E-state index in [2.05, 4.69) is 52.2 Å². The molecule has 2 heterocycles. The molecule has 5 heteroatoms. The molecule has 0 saturated carbocycles. The molecule has 0 fully saturated rings. The Hall–Kier alpha value is -1.59. The highest BCUT2D eigenvalue weighted by Crippen LogP contribution is 2.33. The van der Waals surface area contributed by atoms with Gasteiger partial charge < -0.3 is 5.73 Å². The number of nitrogen functional groups attached to an aromatic ring is 1. The molecular weight excluding hydrogens is 334 g/mol. The van der Waals surface area contributed by atoms with Gasteiger partial charge in [0, 0.05) is 6.20 Å². The molecule has 2 N–H and O–H groups in total. The second-order valence-corrected chi connectivity index (χ2v) is 7.19. The van der Waals surface area contributed by atoms with Crippen LogP contribution in [0.1, 0.15) is 11.1 Å². The molecule has 0 amide bonds. The van der Waals surface area contributed by atoms with Crippen molar-refractivity contribution in [1.29, 1.82) is 0 Å². The topological polar surface area (TPSA) is 43.8 Å². The van der Waals surface area contributed by atoms with Crippen molar-refractivity contribution in [3.05, 3.63) is 57.5 Å². The minimum Gasteiger partial charge on any atom is -0.396 e. The molecule has 0 saturated heterocycles. The van der Waals surface area contributed by atoms with Gasteiger partial charge in [0.1, 0.15) is 5.69 Å². The van der Waals surface area contributed by atoms with Gasteiger partial charge in [-0.2, -0.15) is 5.10 Å². The molecule has 102 valence electrons. The molecule has 20 heavy (non-hydrogen) atoms. The van der Waals surface area contributed by atoms with E-state index in [1.165, 1.54) is 11.1 Å². The van der Waals surface area contributed by atoms with Crippen LogP contribution >= 0.6 is 27.3 Å². The van der Waals surface area contributed by atoms with Crippen LogP contribution in [0.25, 0.3) is 10.6 Å². The van der Waals surface area contributed by atoms with Gasteiger partial charge >= 0.3 is 0 Å². The molecule has 0 aliphatic heterocycles. The molecule has 0 aliphatic rings. The molecule has 0 aliphatic carbocycles. The maximum Gasteiger partial charge on any atom is 0.125 e. The zero-order valence-corrected chi connectivity index (χ0v) is 13.4. The number of aromatic nitrogens is 2. The van der Waals surface area contributed by atoms with Gasteiger partial charge in [0.25, 0.3) is 0 Å². The quantitative estimate of drug-likeness (QED) is 0.766. The van der Waals surface area contributed by atoms with Gasteiger partial charge in [-0.1, -0.05) is 29.8 Å². The molecule has 1 aromatic carbocycles. The van der Waals surface area contributed by atoms with Gasteiger partial charge in [0.15, 0.2) is 0 Å². The van der Waals surface area contributed by atoms with E-state index in [0.717, 1.165) is 20.9 Å². The van der Waals surface area contributed by atoms with Crippen LogP contribution in [0, 0.1) is 6.92 Å². The second-order valence-electron chi connectivity index (χ2n) is 4.72. The fourth-order valence-corrected chi connectivity index (χ4v) is 3.54. The zero-order chi connectivity index (χ0) is 14.1. The number of nitrogens with two attached hydrogens (primary N) is 1. The number of hydrogen-bond acceptors (Lipinski definition) is 3. The van der Waals surface area contributed by atoms with Crippen LogP contribution in [0.5, 0.6) is 0 Å². The van der Waals surface area contributed by atoms with Crippen LogP contribution < -0.4 is 5.73 Å². The predicted octanol–water partition coefficient (Wildman–Crippen LogP) is 4.31. The van der Waals surface area contributed by atoms with E-state index in [-0.39, 0.29) is 0 Å². The average Bonchev–Trinajstić information content (AvgIpc) is 2.96. The Bertz CT molecular complexity index is 745. The molecule has 0 radical (unpaired) electrons. The second kappa shape index (κ2) is 5.42. The van der Waals surface area contributed by atoms with Crippen LogP contribution in [0.4, 0.5) is 5.69 Å². The molecule has 3 rings (SSSR count). The number of halogens is 1. The highest BCUT2D eigenvalue weighted by Gasteiger charge is 2.11. The first-order valence-corrected chi connectivity index (χ1v) is 7.87. The van der Waals surface area contributed by atoms with Crippen molar-refractivity contribution < 1.29 is 0 Å². The van der Waals surface area contributed by atoms with Crippen LogP contribution in [-0.4, -0.2) is 9.78 Å². The van der Waals surface area contributed by atoms with Gasteiger partial charge in [0.05, 0.1) is 20.9 Å². The van der Waals surface area contributed by atoms with E-state index in [0.29, 0.717) is 5.69 Å². The van der Waals surface area contributed by atoms with Crippen molar-refractivity contribution in [3.8, 4) is 10.6 Å². The first-order chi connectivity index (χ1) is 9.61. The molecular formula is C15H14BrN3S. The Morgan fingerprint density at radius 3 is 2.85 bits per heavy atom. The van der Waals surface area contributed by atoms with Gasteiger partial charge in [-0.25, -0.2) is 0 Å². The molecule has 2 aromatic heterocycles. The standard InChI is InChI=1S/C15H14BrN3S/c1-10-3-2-4-11(7-10)8-19-9-12(17)15(18-19)13-5-6-14(16)20-13/h2-7,9H,8,17H2,1H3. The Morgan fingerprint density at radius 2 is 2.15 bits per heavy atom. The number of hydrogen-bond donors (Lipinski definition) is 1. The summed E-state index contributed by atoms with van der Waals surface area (Å²) in [6.07, 6.45) is 1.89. The average molecular weight is 348 g/mol. The van der Waals surface area contributed by atoms with Crippen molar-refractivity contribution >= 4 is 33.0 Å². The Morgan fingerprint density at radius 1 is 1.30 bits per heavy atom. The van der Waals surface area contributed by atoms with Gasteiger partial charge in [-0.15, -0.1) is 11.3 Å². The molecule has 3 aromatic rings. The number of rotatable bonds is 3. The van der Waals surface area contributed by atoms with Crippen molar-refractivity contribution in [2.24, 2.45) is 0 Å². The number of benzene rings is 1. The lowest BCUT2D eigenvalue weighted by atomic mass is 10.1. The normalized spacial score (nSPS) is 10.9. The Balaban J connectivity index is 1.89. The number of thiophene rings is 1. The first kappa shape index (κ1) is 13.4. The van der Waals surface area contributed by atoms with Crippen LogP contribution in [0.3, 0.4) is 0 Å². The summed E-state index contributed by atoms with van der Waals surface area (Å²) in [7, 11) is 0. The summed E-state index contributed by atoms with van der Waals surface area (Å²) in [5.41, 5.74) is 10.1. The summed E-state index contributed by atoms with van der Waals surface area (Å²) < 4.78 is 2.98. The third-order valence-electron chi connectivity index (χ3n) is 3.02. The van der Waals surface area contributed by atoms with Crippen molar-refractivity contribution in [2.75, 3.05) is 5.73 Å². The third-order valence-corrected chi connectivity index (χ3v) is 4.65. The summed E-state index contributed by atoms with van der Waals surface area (Å²) in [6, 6.07) is 12.5. The Labute approximate surface area is 130 Å². The summed E-state index contributed by atoms with van der Waals surface area (Å²) in [6.45, 7) is 2.83. The van der Waals surface area contributed by atoms with Crippen LogP contribution in [-0.2, 0) is 6.54 Å². The van der Waals surface area contributed by atoms with E-state index >= 15 is 0 Å². The van der Waals surface area contributed by atoms with E-state index in [1.807, 2.05) is 23.0 Å². The highest BCUT2D eigenvalue weighted by molar-refractivity contribution is 9.11. The lowest BCUT2D eigenvalue weighted by Gasteiger charge is -2.02. The monoisotopic (exact) mass is 347 g/mol. The minimum absolute atomic E-state index is 0.715. The fourth-order valence-electron chi connectivity index (χ4n) is 2.15. The summed E-state index contributed by atoms with van der Waals surface area (Å²) in [5.74, 6) is 0. The maximum absolute atomic E-state index is 6.07. The third kappa shape index (κ3) is 2.78. The van der Waals surface area contributed by atoms with Crippen LogP contribution in [0.2, 0.25) is 0 Å². The predicted molar refractivity (Wildman–Crippen MR) is 87.9 cm³/mol. The molecule has 0 unspecified atom stereocenters. The fraction of sp³-hybridized carbons (Fsp3) is 0.133. The van der Waals surface area contributed by atoms with E-state index in [1.54, 1.807) is 11.3 Å². The zero-order valence-electron chi connectivity index (χ0n) is 11.0. The van der Waals surface area contributed by atoms with Crippen molar-refractivity contribution in [2.45, 2.75) is 13.5 Å². The van der Waals surface area contributed by atoms with E-state index in [4.69, 9.17) is 5.73 Å². The first-order valence-electron chi connectivity index (χ1n) is 6.26. The number of nitrogens with zero attached hydrogens (tertiary/aromatic N) is 2. The summed E-state index contributed by atoms with van der Waals surface area (Å²) >= 11 is 5.10. The molecule has 0 bridgehead atoms. The van der Waals surface area contributed by atoms with Gasteiger partial charge in [-0.3, -0.25) is 4.68 Å². The SMILES string of the molecule is Cc1cccc(Cn2cc(N)c(-c3ccc(Br)s3)n2)c1. The maximum atomic E-state index is 6.07. The molecule has 3 nitrogen and oxygen atoms in total. The number of anilines is 1. The Kier molecular flexibility index (Phi) is 3.63. The van der Waals surface area contributed by atoms with Crippen molar-refractivity contribution in [1.82, 2.24) is 9.78 Å². The van der Waals surface area contributed by atoms with Crippen molar-refractivity contribution in [3.63, 3.8) is 0 Å². The van der Waals surface area contributed by atoms with E-state index in [9.17, 15) is 0 Å². The minimum atomic E-state index is 0.715. The summed E-state index contributed by atoms with van der Waals surface area (Å²) in [4.78, 5) is 1.08. The smallest absolute Gasteiger partial charge is 0.125 e. The van der Waals surface area contributed by atoms with Crippen LogP contribution in [0.15, 0.2) is 46.4 Å². The lowest BCUT2D eigenvalue weighted by molar-refractivity contribution is 0.689. The van der Waals surface area contributed by atoms with E-state index < -0.39 is 0 Å². The largest absolute Gasteiger partial charge is 0.396 e.